The molecule has 2 atom stereocenters. The minimum Gasteiger partial charge on any atom is -0.438 e. The maximum Gasteiger partial charge on any atom is 0.411 e. The van der Waals surface area contributed by atoms with Crippen LogP contribution in [0.25, 0.3) is 5.57 Å². The molecule has 2 aromatic rings. The van der Waals surface area contributed by atoms with Gasteiger partial charge in [0, 0.05) is 31.9 Å². The van der Waals surface area contributed by atoms with Crippen LogP contribution >= 0.6 is 0 Å². The highest BCUT2D eigenvalue weighted by molar-refractivity contribution is 5.72. The summed E-state index contributed by atoms with van der Waals surface area (Å²) in [6.07, 6.45) is 1.48. The molecule has 4 nitrogen and oxygen atoms in total. The Morgan fingerprint density at radius 2 is 1.71 bits per heavy atom. The zero-order chi connectivity index (χ0) is 25.4. The molecule has 1 N–H and O–H groups in total. The van der Waals surface area contributed by atoms with Crippen LogP contribution in [0.15, 0.2) is 66.3 Å². The molecule has 2 aliphatic rings. The molecule has 7 heteroatoms. The molecule has 0 unspecified atom stereocenters. The van der Waals surface area contributed by atoms with Crippen LogP contribution in [0.4, 0.5) is 18.0 Å². The number of aliphatic hydroxyl groups is 1. The summed E-state index contributed by atoms with van der Waals surface area (Å²) in [6.45, 7) is 5.56. The molecule has 0 saturated carbocycles. The lowest BCUT2D eigenvalue weighted by Gasteiger charge is -2.45. The molecule has 1 fully saturated rings. The molecule has 0 aromatic heterocycles. The van der Waals surface area contributed by atoms with Gasteiger partial charge in [0.05, 0.1) is 11.6 Å². The van der Waals surface area contributed by atoms with Gasteiger partial charge in [0.15, 0.2) is 0 Å². The van der Waals surface area contributed by atoms with Crippen LogP contribution in [0.2, 0.25) is 0 Å². The molecule has 4 rings (SSSR count). The van der Waals surface area contributed by atoms with Crippen molar-refractivity contribution < 1.29 is 27.8 Å². The van der Waals surface area contributed by atoms with E-state index < -0.39 is 34.8 Å². The van der Waals surface area contributed by atoms with E-state index in [-0.39, 0.29) is 18.9 Å². The van der Waals surface area contributed by atoms with Gasteiger partial charge >= 0.3 is 6.09 Å². The van der Waals surface area contributed by atoms with Gasteiger partial charge in [0.1, 0.15) is 23.1 Å². The number of amides is 1. The molecule has 186 valence electrons. The lowest BCUT2D eigenvalue weighted by molar-refractivity contribution is -0.101. The fourth-order valence-corrected chi connectivity index (χ4v) is 4.99. The van der Waals surface area contributed by atoms with Crippen molar-refractivity contribution >= 4 is 11.7 Å². The second-order valence-electron chi connectivity index (χ2n) is 10.0. The summed E-state index contributed by atoms with van der Waals surface area (Å²) in [7, 11) is 0. The molecule has 1 aliphatic heterocycles. The van der Waals surface area contributed by atoms with Crippen molar-refractivity contribution in [1.82, 2.24) is 4.90 Å². The van der Waals surface area contributed by atoms with E-state index in [2.05, 4.69) is 0 Å². The highest BCUT2D eigenvalue weighted by Crippen LogP contribution is 2.42. The quantitative estimate of drug-likeness (QED) is 0.474. The topological polar surface area (TPSA) is 49.8 Å². The van der Waals surface area contributed by atoms with Gasteiger partial charge in [0.25, 0.3) is 0 Å². The molecule has 35 heavy (non-hydrogen) atoms. The summed E-state index contributed by atoms with van der Waals surface area (Å²) in [5, 5.41) is 10.5. The predicted molar refractivity (Wildman–Crippen MR) is 128 cm³/mol. The van der Waals surface area contributed by atoms with Gasteiger partial charge in [-0.15, -0.1) is 0 Å². The molecule has 1 heterocycles. The second kappa shape index (κ2) is 9.53. The number of allylic oxidation sites excluding steroid dienone is 4. The van der Waals surface area contributed by atoms with Gasteiger partial charge in [-0.25, -0.2) is 18.0 Å². The highest BCUT2D eigenvalue weighted by atomic mass is 19.1. The van der Waals surface area contributed by atoms with Crippen molar-refractivity contribution in [1.29, 1.82) is 0 Å². The van der Waals surface area contributed by atoms with Crippen LogP contribution in [-0.4, -0.2) is 28.2 Å². The molecular formula is C28H30F3NO3. The standard InChI is InChI=1S/C28H30F3NO3/c1-18(19-4-6-20(7-5-19)24-13-12-23(30)16-25(24)31)32-15-14-28(35-26(32)33,17-27(2,3)34)21-8-10-22(29)11-9-21/h4-11,16,18,34H,12-15,17H2,1-3H3/t18-,28-/m0/s1. The van der Waals surface area contributed by atoms with Crippen LogP contribution in [0.1, 0.15) is 69.2 Å². The van der Waals surface area contributed by atoms with Crippen LogP contribution < -0.4 is 0 Å². The van der Waals surface area contributed by atoms with Gasteiger partial charge in [0.2, 0.25) is 0 Å². The Balaban J connectivity index is 1.54. The fourth-order valence-electron chi connectivity index (χ4n) is 4.99. The zero-order valence-corrected chi connectivity index (χ0v) is 20.2. The Kier molecular flexibility index (Phi) is 6.82. The van der Waals surface area contributed by atoms with E-state index in [1.807, 2.05) is 19.1 Å². The average Bonchev–Trinajstić information content (AvgIpc) is 2.78. The minimum absolute atomic E-state index is 0.171. The number of rotatable bonds is 6. The van der Waals surface area contributed by atoms with E-state index in [1.165, 1.54) is 12.1 Å². The molecule has 2 aromatic carbocycles. The van der Waals surface area contributed by atoms with E-state index in [1.54, 1.807) is 43.0 Å². The SMILES string of the molecule is C[C@@H](c1ccc(C2=C(F)C=C(F)CC2)cc1)N1CC[C@](CC(C)(C)O)(c2ccc(F)cc2)OC1=O. The van der Waals surface area contributed by atoms with Crippen LogP contribution in [0, 0.1) is 5.82 Å². The van der Waals surface area contributed by atoms with Crippen molar-refractivity contribution in [3.8, 4) is 0 Å². The van der Waals surface area contributed by atoms with E-state index in [0.29, 0.717) is 36.1 Å². The van der Waals surface area contributed by atoms with Gasteiger partial charge < -0.3 is 14.7 Å². The lowest BCUT2D eigenvalue weighted by atomic mass is 9.80. The van der Waals surface area contributed by atoms with Gasteiger partial charge in [-0.3, -0.25) is 0 Å². The van der Waals surface area contributed by atoms with Gasteiger partial charge in [-0.2, -0.15) is 0 Å². The van der Waals surface area contributed by atoms with Crippen molar-refractivity contribution in [2.75, 3.05) is 6.54 Å². The first-order valence-corrected chi connectivity index (χ1v) is 11.8. The van der Waals surface area contributed by atoms with Crippen molar-refractivity contribution in [3.05, 3.63) is 88.8 Å². The largest absolute Gasteiger partial charge is 0.438 e. The van der Waals surface area contributed by atoms with E-state index in [0.717, 1.165) is 11.6 Å². The summed E-state index contributed by atoms with van der Waals surface area (Å²) in [5.41, 5.74) is 0.457. The first-order chi connectivity index (χ1) is 16.5. The molecular weight excluding hydrogens is 455 g/mol. The molecule has 1 saturated heterocycles. The first kappa shape index (κ1) is 25.0. The first-order valence-electron chi connectivity index (χ1n) is 11.8. The second-order valence-corrected chi connectivity index (χ2v) is 10.0. The summed E-state index contributed by atoms with van der Waals surface area (Å²) >= 11 is 0. The lowest BCUT2D eigenvalue weighted by Crippen LogP contribution is -2.51. The number of carbonyl (C=O) groups excluding carboxylic acids is 1. The zero-order valence-electron chi connectivity index (χ0n) is 20.2. The predicted octanol–water partition coefficient (Wildman–Crippen LogP) is 7.11. The maximum atomic E-state index is 14.2. The van der Waals surface area contributed by atoms with Gasteiger partial charge in [-0.05, 0) is 61.6 Å². The third-order valence-corrected chi connectivity index (χ3v) is 6.76. The Labute approximate surface area is 203 Å². The third-order valence-electron chi connectivity index (χ3n) is 6.76. The summed E-state index contributed by atoms with van der Waals surface area (Å²) in [5.74, 6) is -1.41. The number of nitrogens with zero attached hydrogens (tertiary/aromatic N) is 1. The number of benzene rings is 2. The van der Waals surface area contributed by atoms with Crippen LogP contribution in [0.5, 0.6) is 0 Å². The number of hydrogen-bond acceptors (Lipinski definition) is 3. The smallest absolute Gasteiger partial charge is 0.411 e. The third kappa shape index (κ3) is 5.45. The van der Waals surface area contributed by atoms with E-state index >= 15 is 0 Å². The Morgan fingerprint density at radius 1 is 1.06 bits per heavy atom. The number of cyclic esters (lactones) is 1. The number of halogens is 3. The van der Waals surface area contributed by atoms with E-state index in [4.69, 9.17) is 4.74 Å². The monoisotopic (exact) mass is 485 g/mol. The van der Waals surface area contributed by atoms with Crippen molar-refractivity contribution in [3.63, 3.8) is 0 Å². The van der Waals surface area contributed by atoms with Crippen LogP contribution in [-0.2, 0) is 10.3 Å². The maximum absolute atomic E-state index is 14.2. The average molecular weight is 486 g/mol. The van der Waals surface area contributed by atoms with E-state index in [9.17, 15) is 23.1 Å². The normalized spacial score (nSPS) is 22.1. The Bertz CT molecular complexity index is 1150. The fraction of sp³-hybridized carbons (Fsp3) is 0.393. The van der Waals surface area contributed by atoms with Gasteiger partial charge in [-0.1, -0.05) is 36.4 Å². The minimum atomic E-state index is -1.11. The summed E-state index contributed by atoms with van der Waals surface area (Å²) in [4.78, 5) is 14.8. The Hall–Kier alpha value is -3.06. The molecule has 0 spiro atoms. The van der Waals surface area contributed by atoms with Crippen LogP contribution in [0.3, 0.4) is 0 Å². The molecule has 1 amide bonds. The Morgan fingerprint density at radius 3 is 2.29 bits per heavy atom. The number of hydrogen-bond donors (Lipinski definition) is 1. The summed E-state index contributed by atoms with van der Waals surface area (Å²) < 4.78 is 47.0. The molecule has 1 aliphatic carbocycles. The highest BCUT2D eigenvalue weighted by Gasteiger charge is 2.46. The van der Waals surface area contributed by atoms with Crippen molar-refractivity contribution in [2.24, 2.45) is 0 Å². The number of carbonyl (C=O) groups is 1. The number of ether oxygens (including phenoxy) is 1. The molecule has 0 bridgehead atoms. The summed E-state index contributed by atoms with van der Waals surface area (Å²) in [6, 6.07) is 12.7. The van der Waals surface area contributed by atoms with Crippen molar-refractivity contribution in [2.45, 2.75) is 63.7 Å². The molecule has 0 radical (unpaired) electrons.